The van der Waals surface area contributed by atoms with Crippen molar-refractivity contribution in [1.29, 1.82) is 0 Å². The zero-order chi connectivity index (χ0) is 28.9. The van der Waals surface area contributed by atoms with Gasteiger partial charge >= 0.3 is 5.97 Å². The lowest BCUT2D eigenvalue weighted by molar-refractivity contribution is -0.139. The summed E-state index contributed by atoms with van der Waals surface area (Å²) in [4.78, 5) is 11.7. The molecule has 220 valence electrons. The average molecular weight is 555 g/mol. The summed E-state index contributed by atoms with van der Waals surface area (Å²) in [5.41, 5.74) is 2.05. The maximum Gasteiger partial charge on any atom is 0.303 e. The first-order valence-corrected chi connectivity index (χ1v) is 14.4. The Bertz CT molecular complexity index is 1030. The molecule has 0 aliphatic heterocycles. The number of carboxylic acid groups (broad SMARTS) is 1. The lowest BCUT2D eigenvalue weighted by Crippen LogP contribution is -2.25. The molecule has 40 heavy (non-hydrogen) atoms. The van der Waals surface area contributed by atoms with E-state index in [0.29, 0.717) is 25.6 Å². The van der Waals surface area contributed by atoms with Crippen molar-refractivity contribution >= 4 is 5.97 Å². The van der Waals surface area contributed by atoms with Crippen molar-refractivity contribution in [2.45, 2.75) is 83.9 Å². The van der Waals surface area contributed by atoms with Gasteiger partial charge in [-0.3, -0.25) is 4.79 Å². The van der Waals surface area contributed by atoms with Crippen LogP contribution in [0.3, 0.4) is 0 Å². The van der Waals surface area contributed by atoms with Crippen molar-refractivity contribution in [3.63, 3.8) is 0 Å². The Kier molecular flexibility index (Phi) is 13.0. The third-order valence-electron chi connectivity index (χ3n) is 7.78. The van der Waals surface area contributed by atoms with E-state index in [1.165, 1.54) is 6.42 Å². The Morgan fingerprint density at radius 1 is 1.00 bits per heavy atom. The van der Waals surface area contributed by atoms with Gasteiger partial charge in [0.15, 0.2) is 0 Å². The first-order chi connectivity index (χ1) is 19.3. The fourth-order valence-corrected chi connectivity index (χ4v) is 5.39. The normalized spacial score (nSPS) is 22.3. The van der Waals surface area contributed by atoms with Crippen molar-refractivity contribution in [1.82, 2.24) is 0 Å². The number of rotatable bonds is 17. The van der Waals surface area contributed by atoms with Gasteiger partial charge in [0, 0.05) is 18.3 Å². The van der Waals surface area contributed by atoms with Crippen LogP contribution in [0, 0.1) is 17.8 Å². The number of methoxy groups -OCH3 is 2. The van der Waals surface area contributed by atoms with Gasteiger partial charge in [0.05, 0.1) is 52.2 Å². The summed E-state index contributed by atoms with van der Waals surface area (Å²) >= 11 is 0. The van der Waals surface area contributed by atoms with E-state index in [9.17, 15) is 15.0 Å². The molecule has 1 fully saturated rings. The van der Waals surface area contributed by atoms with Crippen molar-refractivity contribution in [3.8, 4) is 11.5 Å². The van der Waals surface area contributed by atoms with Gasteiger partial charge in [0.2, 0.25) is 0 Å². The number of hydrogen-bond donors (Lipinski definition) is 2. The highest BCUT2D eigenvalue weighted by molar-refractivity contribution is 5.67. The highest BCUT2D eigenvalue weighted by Crippen LogP contribution is 2.38. The molecule has 7 heteroatoms. The number of benzene rings is 2. The van der Waals surface area contributed by atoms with Crippen LogP contribution < -0.4 is 9.47 Å². The van der Waals surface area contributed by atoms with E-state index in [-0.39, 0.29) is 24.5 Å². The van der Waals surface area contributed by atoms with Crippen LogP contribution in [0.4, 0.5) is 0 Å². The van der Waals surface area contributed by atoms with Gasteiger partial charge in [-0.05, 0) is 47.7 Å². The van der Waals surface area contributed by atoms with E-state index in [0.717, 1.165) is 41.9 Å². The zero-order valence-electron chi connectivity index (χ0n) is 24.3. The summed E-state index contributed by atoms with van der Waals surface area (Å²) in [6, 6.07) is 15.5. The Balaban J connectivity index is 1.74. The predicted molar refractivity (Wildman–Crippen MR) is 155 cm³/mol. The second kappa shape index (κ2) is 16.4. The van der Waals surface area contributed by atoms with Gasteiger partial charge < -0.3 is 29.2 Å². The summed E-state index contributed by atoms with van der Waals surface area (Å²) in [5, 5.41) is 20.4. The smallest absolute Gasteiger partial charge is 0.303 e. The second-order valence-electron chi connectivity index (χ2n) is 10.9. The highest BCUT2D eigenvalue weighted by atomic mass is 16.5. The number of aliphatic hydroxyl groups excluding tert-OH is 1. The molecule has 0 amide bonds. The molecule has 1 unspecified atom stereocenters. The number of hydrogen-bond acceptors (Lipinski definition) is 6. The van der Waals surface area contributed by atoms with E-state index in [1.54, 1.807) is 14.2 Å². The second-order valence-corrected chi connectivity index (χ2v) is 10.9. The number of carboxylic acids is 1. The van der Waals surface area contributed by atoms with E-state index in [4.69, 9.17) is 18.9 Å². The predicted octanol–water partition coefficient (Wildman–Crippen LogP) is 6.42. The molecule has 1 aliphatic rings. The Labute approximate surface area is 239 Å². The van der Waals surface area contributed by atoms with Gasteiger partial charge in [-0.25, -0.2) is 0 Å². The monoisotopic (exact) mass is 554 g/mol. The standard InChI is InChI=1S/C33H46O7/c1-5-6-7-23(2)18-28(39-21-24-8-12-26(37-3)13-9-24)16-17-29-30(19-33(35)36)31(34)20-32(29)40-22-25-10-14-27(38-4)15-11-25/h8-17,23,28-32,34H,5-7,18-22H2,1-4H3,(H,35,36)/b17-16+/t23-,28+,29+,30+,31-,32?/m0/s1. The van der Waals surface area contributed by atoms with E-state index < -0.39 is 18.0 Å². The molecule has 0 spiro atoms. The molecule has 0 heterocycles. The van der Waals surface area contributed by atoms with E-state index in [1.807, 2.05) is 54.6 Å². The summed E-state index contributed by atoms with van der Waals surface area (Å²) in [6.07, 6.45) is 7.53. The fourth-order valence-electron chi connectivity index (χ4n) is 5.39. The van der Waals surface area contributed by atoms with Gasteiger partial charge in [-0.2, -0.15) is 0 Å². The van der Waals surface area contributed by atoms with Crippen molar-refractivity contribution < 1.29 is 34.0 Å². The number of aliphatic hydroxyl groups is 1. The number of aliphatic carboxylic acids is 1. The molecule has 0 saturated heterocycles. The molecule has 0 radical (unpaired) electrons. The van der Waals surface area contributed by atoms with Gasteiger partial charge in [0.1, 0.15) is 11.5 Å². The minimum absolute atomic E-state index is 0.108. The lowest BCUT2D eigenvalue weighted by Gasteiger charge is -2.24. The molecule has 0 bridgehead atoms. The first kappa shape index (κ1) is 31.7. The number of carbonyl (C=O) groups is 1. The van der Waals surface area contributed by atoms with Crippen LogP contribution in [0.1, 0.15) is 63.5 Å². The first-order valence-electron chi connectivity index (χ1n) is 14.4. The molecular weight excluding hydrogens is 508 g/mol. The third kappa shape index (κ3) is 9.95. The summed E-state index contributed by atoms with van der Waals surface area (Å²) in [5.74, 6) is 0.488. The molecule has 7 nitrogen and oxygen atoms in total. The molecular formula is C33H46O7. The third-order valence-corrected chi connectivity index (χ3v) is 7.78. The van der Waals surface area contributed by atoms with Crippen LogP contribution in [-0.4, -0.2) is 48.7 Å². The summed E-state index contributed by atoms with van der Waals surface area (Å²) < 4.78 is 23.2. The SMILES string of the molecule is CCCC[C@H](C)C[C@@H](/C=C/[C@H]1C(OCc2ccc(OC)cc2)C[C@H](O)[C@@H]1CC(=O)O)OCc1ccc(OC)cc1. The molecule has 2 aromatic carbocycles. The summed E-state index contributed by atoms with van der Waals surface area (Å²) in [6.45, 7) is 5.28. The molecule has 3 rings (SSSR count). The largest absolute Gasteiger partial charge is 0.497 e. The fraction of sp³-hybridized carbons (Fsp3) is 0.545. The summed E-state index contributed by atoms with van der Waals surface area (Å²) in [7, 11) is 3.28. The molecule has 1 aliphatic carbocycles. The van der Waals surface area contributed by atoms with Gasteiger partial charge in [-0.1, -0.05) is 69.5 Å². The topological polar surface area (TPSA) is 94.5 Å². The molecule has 2 N–H and O–H groups in total. The Hall–Kier alpha value is -2.87. The van der Waals surface area contributed by atoms with Crippen LogP contribution in [0.2, 0.25) is 0 Å². The van der Waals surface area contributed by atoms with Gasteiger partial charge in [0.25, 0.3) is 0 Å². The van der Waals surface area contributed by atoms with Crippen LogP contribution >= 0.6 is 0 Å². The van der Waals surface area contributed by atoms with Crippen LogP contribution in [-0.2, 0) is 27.5 Å². The maximum absolute atomic E-state index is 11.7. The number of ether oxygens (including phenoxy) is 4. The molecule has 1 saturated carbocycles. The van der Waals surface area contributed by atoms with Crippen molar-refractivity contribution in [3.05, 3.63) is 71.8 Å². The molecule has 6 atom stereocenters. The molecule has 0 aromatic heterocycles. The minimum atomic E-state index is -0.918. The van der Waals surface area contributed by atoms with E-state index in [2.05, 4.69) is 19.9 Å². The maximum atomic E-state index is 11.7. The lowest BCUT2D eigenvalue weighted by atomic mass is 9.89. The Morgan fingerprint density at radius 2 is 1.60 bits per heavy atom. The average Bonchev–Trinajstić information content (AvgIpc) is 3.25. The highest BCUT2D eigenvalue weighted by Gasteiger charge is 2.43. The van der Waals surface area contributed by atoms with Crippen LogP contribution in [0.15, 0.2) is 60.7 Å². The quantitative estimate of drug-likeness (QED) is 0.218. The molecule has 2 aromatic rings. The van der Waals surface area contributed by atoms with Gasteiger partial charge in [-0.15, -0.1) is 0 Å². The zero-order valence-corrected chi connectivity index (χ0v) is 24.3. The van der Waals surface area contributed by atoms with E-state index >= 15 is 0 Å². The van der Waals surface area contributed by atoms with Crippen LogP contribution in [0.5, 0.6) is 11.5 Å². The Morgan fingerprint density at radius 3 is 2.15 bits per heavy atom. The number of unbranched alkanes of at least 4 members (excludes halogenated alkanes) is 1. The van der Waals surface area contributed by atoms with Crippen LogP contribution in [0.25, 0.3) is 0 Å². The minimum Gasteiger partial charge on any atom is -0.497 e. The van der Waals surface area contributed by atoms with Crippen molar-refractivity contribution in [2.24, 2.45) is 17.8 Å². The van der Waals surface area contributed by atoms with Crippen molar-refractivity contribution in [2.75, 3.05) is 14.2 Å².